The third-order valence-corrected chi connectivity index (χ3v) is 7.51. The fraction of sp³-hybridized carbons (Fsp3) is 0.355. The third kappa shape index (κ3) is 6.77. The van der Waals surface area contributed by atoms with Crippen molar-refractivity contribution in [1.82, 2.24) is 15.1 Å². The van der Waals surface area contributed by atoms with Gasteiger partial charge < -0.3 is 30.0 Å². The molecule has 0 unspecified atom stereocenters. The van der Waals surface area contributed by atoms with E-state index in [1.807, 2.05) is 36.1 Å². The minimum atomic E-state index is -1.08. The van der Waals surface area contributed by atoms with E-state index in [9.17, 15) is 24.3 Å². The van der Waals surface area contributed by atoms with Gasteiger partial charge in [-0.3, -0.25) is 14.4 Å². The summed E-state index contributed by atoms with van der Waals surface area (Å²) in [6.07, 6.45) is 5.47. The first kappa shape index (κ1) is 27.9. The Morgan fingerprint density at radius 1 is 0.976 bits per heavy atom. The zero-order chi connectivity index (χ0) is 28.9. The van der Waals surface area contributed by atoms with E-state index in [1.54, 1.807) is 4.90 Å². The van der Waals surface area contributed by atoms with Gasteiger partial charge in [-0.2, -0.15) is 0 Å². The first-order valence-electron chi connectivity index (χ1n) is 14.0. The number of fused-ring (bicyclic) bond motifs is 1. The van der Waals surface area contributed by atoms with Gasteiger partial charge in [0.05, 0.1) is 12.1 Å². The average molecular weight is 559 g/mol. The largest absolute Gasteiger partial charge is 0.478 e. The number of carboxylic acid groups (broad SMARTS) is 1. The Labute approximate surface area is 238 Å². The van der Waals surface area contributed by atoms with Crippen LogP contribution in [0.5, 0.6) is 0 Å². The van der Waals surface area contributed by atoms with Crippen molar-refractivity contribution in [2.75, 3.05) is 31.5 Å². The molecule has 41 heavy (non-hydrogen) atoms. The Morgan fingerprint density at radius 2 is 1.68 bits per heavy atom. The van der Waals surface area contributed by atoms with Crippen molar-refractivity contribution in [2.24, 2.45) is 0 Å². The molecule has 2 amide bonds. The maximum absolute atomic E-state index is 13.6. The van der Waals surface area contributed by atoms with E-state index in [4.69, 9.17) is 4.42 Å². The summed E-state index contributed by atoms with van der Waals surface area (Å²) < 4.78 is 5.67. The van der Waals surface area contributed by atoms with Crippen molar-refractivity contribution in [1.29, 1.82) is 0 Å². The third-order valence-electron chi connectivity index (χ3n) is 7.51. The number of anilines is 1. The number of amides is 2. The lowest BCUT2D eigenvalue weighted by Crippen LogP contribution is -2.49. The number of likely N-dealkylation sites (tertiary alicyclic amines) is 2. The first-order valence-corrected chi connectivity index (χ1v) is 14.0. The standard InChI is InChI=1S/C31H34N4O6/c1-20-16-23-17-24(11-12-27(23)41-20)32-28(18-26(36)21-7-9-22(10-8-21)31(39)40)33-25-6-2-3-15-35(30(25)38)19-29(37)34-13-4-5-14-34/h7-12,16-18,25,32-33H,2-6,13-15,19H2,1H3,(H,39,40)/t25-/m0/s1. The molecule has 2 saturated heterocycles. The Balaban J connectivity index is 1.39. The molecule has 0 aliphatic carbocycles. The molecule has 5 rings (SSSR count). The second-order valence-corrected chi connectivity index (χ2v) is 10.6. The van der Waals surface area contributed by atoms with Gasteiger partial charge in [0.1, 0.15) is 23.2 Å². The predicted molar refractivity (Wildman–Crippen MR) is 154 cm³/mol. The summed E-state index contributed by atoms with van der Waals surface area (Å²) in [5.74, 6) is -0.551. The molecule has 0 spiro atoms. The number of nitrogens with one attached hydrogen (secondary N) is 2. The van der Waals surface area contributed by atoms with Gasteiger partial charge in [-0.25, -0.2) is 4.79 Å². The zero-order valence-corrected chi connectivity index (χ0v) is 23.0. The average Bonchev–Trinajstić information content (AvgIpc) is 3.59. The molecule has 10 heteroatoms. The van der Waals surface area contributed by atoms with Crippen molar-refractivity contribution in [2.45, 2.75) is 45.1 Å². The van der Waals surface area contributed by atoms with Crippen molar-refractivity contribution in [3.05, 3.63) is 77.3 Å². The summed E-state index contributed by atoms with van der Waals surface area (Å²) in [5.41, 5.74) is 1.81. The number of hydrogen-bond donors (Lipinski definition) is 3. The van der Waals surface area contributed by atoms with Crippen LogP contribution in [-0.2, 0) is 9.59 Å². The topological polar surface area (TPSA) is 132 Å². The van der Waals surface area contributed by atoms with Crippen LogP contribution in [0, 0.1) is 6.92 Å². The molecule has 2 aliphatic heterocycles. The monoisotopic (exact) mass is 558 g/mol. The maximum Gasteiger partial charge on any atom is 0.335 e. The molecular weight excluding hydrogens is 524 g/mol. The van der Waals surface area contributed by atoms with Crippen molar-refractivity contribution in [3.63, 3.8) is 0 Å². The van der Waals surface area contributed by atoms with E-state index in [2.05, 4.69) is 10.6 Å². The highest BCUT2D eigenvalue weighted by atomic mass is 16.4. The molecule has 1 atom stereocenters. The molecule has 3 heterocycles. The lowest BCUT2D eigenvalue weighted by molar-refractivity contribution is -0.140. The Morgan fingerprint density at radius 3 is 2.41 bits per heavy atom. The number of carbonyl (C=O) groups excluding carboxylic acids is 3. The number of nitrogens with zero attached hydrogens (tertiary/aromatic N) is 2. The molecule has 0 bridgehead atoms. The maximum atomic E-state index is 13.6. The molecular formula is C31H34N4O6. The highest BCUT2D eigenvalue weighted by molar-refractivity contribution is 6.05. The summed E-state index contributed by atoms with van der Waals surface area (Å²) in [7, 11) is 0. The van der Waals surface area contributed by atoms with E-state index >= 15 is 0 Å². The molecule has 0 saturated carbocycles. The van der Waals surface area contributed by atoms with Crippen molar-refractivity contribution < 1.29 is 28.7 Å². The fourth-order valence-corrected chi connectivity index (χ4v) is 5.33. The van der Waals surface area contributed by atoms with Gasteiger partial charge in [0.15, 0.2) is 5.78 Å². The van der Waals surface area contributed by atoms with Crippen LogP contribution in [0.4, 0.5) is 5.69 Å². The minimum Gasteiger partial charge on any atom is -0.478 e. The van der Waals surface area contributed by atoms with Gasteiger partial charge >= 0.3 is 5.97 Å². The number of carbonyl (C=O) groups is 4. The van der Waals surface area contributed by atoms with Crippen LogP contribution in [0.2, 0.25) is 0 Å². The number of carboxylic acids is 1. The van der Waals surface area contributed by atoms with Crippen LogP contribution in [0.15, 0.2) is 64.8 Å². The lowest BCUT2D eigenvalue weighted by Gasteiger charge is -2.27. The summed E-state index contributed by atoms with van der Waals surface area (Å²) in [4.78, 5) is 54.3. The molecule has 2 aliphatic rings. The number of ketones is 1. The number of furan rings is 1. The number of aromatic carboxylic acids is 1. The minimum absolute atomic E-state index is 0.0333. The molecule has 3 aromatic rings. The highest BCUT2D eigenvalue weighted by Gasteiger charge is 2.30. The molecule has 214 valence electrons. The zero-order valence-electron chi connectivity index (χ0n) is 23.0. The second-order valence-electron chi connectivity index (χ2n) is 10.6. The van der Waals surface area contributed by atoms with Crippen molar-refractivity contribution in [3.8, 4) is 0 Å². The number of benzene rings is 2. The Kier molecular flexibility index (Phi) is 8.37. The lowest BCUT2D eigenvalue weighted by atomic mass is 10.1. The molecule has 0 radical (unpaired) electrons. The summed E-state index contributed by atoms with van der Waals surface area (Å²) in [5, 5.41) is 16.6. The van der Waals surface area contributed by atoms with Gasteiger partial charge in [0, 0.05) is 42.3 Å². The van der Waals surface area contributed by atoms with E-state index < -0.39 is 12.0 Å². The van der Waals surface area contributed by atoms with Gasteiger partial charge in [-0.05, 0) is 75.4 Å². The number of allylic oxidation sites excluding steroid dienone is 1. The van der Waals surface area contributed by atoms with Crippen LogP contribution < -0.4 is 10.6 Å². The molecule has 1 aromatic heterocycles. The van der Waals surface area contributed by atoms with Gasteiger partial charge in [0.25, 0.3) is 0 Å². The number of aryl methyl sites for hydroxylation is 1. The molecule has 2 fully saturated rings. The summed E-state index contributed by atoms with van der Waals surface area (Å²) in [6.45, 7) is 3.89. The molecule has 2 aromatic carbocycles. The Hall–Kier alpha value is -4.60. The van der Waals surface area contributed by atoms with E-state index in [0.717, 1.165) is 55.5 Å². The van der Waals surface area contributed by atoms with E-state index in [-0.39, 0.29) is 29.7 Å². The SMILES string of the molecule is Cc1cc2cc(NC(=CC(=O)c3ccc(C(=O)O)cc3)N[C@H]3CCCCN(CC(=O)N4CCCC4)C3=O)ccc2o1. The van der Waals surface area contributed by atoms with Gasteiger partial charge in [-0.1, -0.05) is 12.1 Å². The summed E-state index contributed by atoms with van der Waals surface area (Å²) in [6, 6.07) is 12.5. The van der Waals surface area contributed by atoms with Crippen LogP contribution in [0.1, 0.15) is 58.6 Å². The predicted octanol–water partition coefficient (Wildman–Crippen LogP) is 4.17. The fourth-order valence-electron chi connectivity index (χ4n) is 5.33. The Bertz CT molecular complexity index is 1490. The normalized spacial score (nSPS) is 17.9. The van der Waals surface area contributed by atoms with E-state index in [1.165, 1.54) is 30.3 Å². The van der Waals surface area contributed by atoms with E-state index in [0.29, 0.717) is 30.0 Å². The number of hydrogen-bond acceptors (Lipinski definition) is 7. The first-order chi connectivity index (χ1) is 19.8. The summed E-state index contributed by atoms with van der Waals surface area (Å²) >= 11 is 0. The van der Waals surface area contributed by atoms with Crippen molar-refractivity contribution >= 4 is 40.2 Å². The smallest absolute Gasteiger partial charge is 0.335 e. The second kappa shape index (κ2) is 12.3. The molecule has 10 nitrogen and oxygen atoms in total. The van der Waals surface area contributed by atoms with Gasteiger partial charge in [-0.15, -0.1) is 0 Å². The van der Waals surface area contributed by atoms with Crippen LogP contribution in [0.3, 0.4) is 0 Å². The van der Waals surface area contributed by atoms with Crippen LogP contribution >= 0.6 is 0 Å². The highest BCUT2D eigenvalue weighted by Crippen LogP contribution is 2.24. The quantitative estimate of drug-likeness (QED) is 0.263. The molecule has 3 N–H and O–H groups in total. The van der Waals surface area contributed by atoms with Gasteiger partial charge in [0.2, 0.25) is 11.8 Å². The van der Waals surface area contributed by atoms with Crippen LogP contribution in [0.25, 0.3) is 11.0 Å². The number of rotatable bonds is 9. The van der Waals surface area contributed by atoms with Crippen LogP contribution in [-0.4, -0.2) is 70.7 Å².